The van der Waals surface area contributed by atoms with Crippen LogP contribution in [0.4, 0.5) is 5.69 Å². The molecule has 0 bridgehead atoms. The number of amides is 1. The molecule has 0 unspecified atom stereocenters. The van der Waals surface area contributed by atoms with Crippen LogP contribution in [-0.2, 0) is 16.8 Å². The smallest absolute Gasteiger partial charge is 0.235 e. The van der Waals surface area contributed by atoms with Crippen LogP contribution in [-0.4, -0.2) is 23.9 Å². The molecule has 0 atom stereocenters. The molecule has 1 spiro atoms. The molecule has 0 radical (unpaired) electrons. The number of hydrogen-bond acceptors (Lipinski definition) is 3. The van der Waals surface area contributed by atoms with E-state index >= 15 is 0 Å². The predicted molar refractivity (Wildman–Crippen MR) is 90.3 cm³/mol. The molecular formula is C18H20N2OS. The highest BCUT2D eigenvalue weighted by atomic mass is 32.1. The maximum absolute atomic E-state index is 12.5. The van der Waals surface area contributed by atoms with Crippen LogP contribution in [0, 0.1) is 6.92 Å². The second-order valence-electron chi connectivity index (χ2n) is 6.37. The molecule has 4 heteroatoms. The largest absolute Gasteiger partial charge is 0.325 e. The number of carbonyl (C=O) groups excluding carboxylic acids is 1. The first-order valence-corrected chi connectivity index (χ1v) is 8.68. The van der Waals surface area contributed by atoms with Gasteiger partial charge in [-0.1, -0.05) is 18.2 Å². The van der Waals surface area contributed by atoms with Crippen LogP contribution in [0.2, 0.25) is 0 Å². The Morgan fingerprint density at radius 3 is 2.68 bits per heavy atom. The van der Waals surface area contributed by atoms with Crippen molar-refractivity contribution in [1.82, 2.24) is 4.90 Å². The quantitative estimate of drug-likeness (QED) is 0.920. The third kappa shape index (κ3) is 2.18. The van der Waals surface area contributed by atoms with Crippen LogP contribution in [0.3, 0.4) is 0 Å². The molecular weight excluding hydrogens is 292 g/mol. The number of aryl methyl sites for hydroxylation is 1. The molecule has 114 valence electrons. The van der Waals surface area contributed by atoms with E-state index in [1.807, 2.05) is 29.5 Å². The van der Waals surface area contributed by atoms with E-state index in [9.17, 15) is 4.79 Å². The number of nitrogens with zero attached hydrogens (tertiary/aromatic N) is 1. The van der Waals surface area contributed by atoms with E-state index in [4.69, 9.17) is 0 Å². The van der Waals surface area contributed by atoms with Gasteiger partial charge >= 0.3 is 0 Å². The monoisotopic (exact) mass is 312 g/mol. The number of carbonyl (C=O) groups is 1. The number of para-hydroxylation sites is 1. The van der Waals surface area contributed by atoms with Gasteiger partial charge in [0, 0.05) is 22.0 Å². The van der Waals surface area contributed by atoms with E-state index < -0.39 is 0 Å². The predicted octanol–water partition coefficient (Wildman–Crippen LogP) is 3.54. The first-order valence-electron chi connectivity index (χ1n) is 7.86. The summed E-state index contributed by atoms with van der Waals surface area (Å²) in [6.07, 6.45) is 1.83. The van der Waals surface area contributed by atoms with E-state index in [0.717, 1.165) is 38.2 Å². The van der Waals surface area contributed by atoms with Crippen LogP contribution in [0.5, 0.6) is 0 Å². The molecule has 3 nitrogen and oxygen atoms in total. The lowest BCUT2D eigenvalue weighted by Crippen LogP contribution is -2.46. The van der Waals surface area contributed by atoms with Gasteiger partial charge in [-0.25, -0.2) is 0 Å². The SMILES string of the molecule is Cc1ccc(CN2CCC3(CC2)C(=O)Nc2ccccc23)s1. The standard InChI is InChI=1S/C18H20N2OS/c1-13-6-7-14(22-13)12-20-10-8-18(9-11-20)15-4-2-3-5-16(15)19-17(18)21/h2-7H,8-12H2,1H3,(H,19,21). The number of thiophene rings is 1. The van der Waals surface area contributed by atoms with Gasteiger partial charge in [-0.05, 0) is 56.6 Å². The average molecular weight is 312 g/mol. The van der Waals surface area contributed by atoms with E-state index in [1.165, 1.54) is 15.3 Å². The lowest BCUT2D eigenvalue weighted by atomic mass is 9.73. The van der Waals surface area contributed by atoms with Gasteiger partial charge < -0.3 is 5.32 Å². The third-order valence-electron chi connectivity index (χ3n) is 5.01. The van der Waals surface area contributed by atoms with Crippen LogP contribution in [0.1, 0.15) is 28.2 Å². The molecule has 1 fully saturated rings. The van der Waals surface area contributed by atoms with Crippen molar-refractivity contribution >= 4 is 22.9 Å². The molecule has 1 aromatic carbocycles. The molecule has 0 saturated carbocycles. The summed E-state index contributed by atoms with van der Waals surface area (Å²) in [5, 5.41) is 3.07. The number of fused-ring (bicyclic) bond motifs is 2. The number of hydrogen-bond donors (Lipinski definition) is 1. The van der Waals surface area contributed by atoms with Crippen LogP contribution >= 0.6 is 11.3 Å². The Kier molecular flexibility index (Phi) is 3.31. The van der Waals surface area contributed by atoms with Gasteiger partial charge in [0.25, 0.3) is 0 Å². The van der Waals surface area contributed by atoms with Gasteiger partial charge in [0.2, 0.25) is 5.91 Å². The molecule has 1 saturated heterocycles. The van der Waals surface area contributed by atoms with Crippen molar-refractivity contribution < 1.29 is 4.79 Å². The summed E-state index contributed by atoms with van der Waals surface area (Å²) in [7, 11) is 0. The Bertz CT molecular complexity index is 713. The van der Waals surface area contributed by atoms with Gasteiger partial charge in [0.05, 0.1) is 5.41 Å². The number of anilines is 1. The molecule has 1 N–H and O–H groups in total. The minimum atomic E-state index is -0.293. The lowest BCUT2D eigenvalue weighted by molar-refractivity contribution is -0.122. The maximum atomic E-state index is 12.5. The Balaban J connectivity index is 1.51. The second-order valence-corrected chi connectivity index (χ2v) is 7.74. The highest BCUT2D eigenvalue weighted by molar-refractivity contribution is 7.11. The fourth-order valence-electron chi connectivity index (χ4n) is 3.75. The van der Waals surface area contributed by atoms with Crippen molar-refractivity contribution in [2.45, 2.75) is 31.7 Å². The summed E-state index contributed by atoms with van der Waals surface area (Å²) in [5.74, 6) is 0.195. The number of likely N-dealkylation sites (tertiary alicyclic amines) is 1. The molecule has 1 aromatic heterocycles. The Morgan fingerprint density at radius 2 is 1.95 bits per heavy atom. The van der Waals surface area contributed by atoms with Crippen molar-refractivity contribution in [3.8, 4) is 0 Å². The number of nitrogens with one attached hydrogen (secondary N) is 1. The van der Waals surface area contributed by atoms with Crippen molar-refractivity contribution in [2.75, 3.05) is 18.4 Å². The van der Waals surface area contributed by atoms with Gasteiger partial charge in [0.15, 0.2) is 0 Å². The van der Waals surface area contributed by atoms with Gasteiger partial charge in [-0.2, -0.15) is 0 Å². The zero-order chi connectivity index (χ0) is 15.2. The van der Waals surface area contributed by atoms with E-state index in [-0.39, 0.29) is 11.3 Å². The van der Waals surface area contributed by atoms with Crippen LogP contribution in [0.25, 0.3) is 0 Å². The van der Waals surface area contributed by atoms with Crippen molar-refractivity contribution in [2.24, 2.45) is 0 Å². The molecule has 4 rings (SSSR count). The molecule has 3 heterocycles. The normalized spacial score (nSPS) is 20.1. The van der Waals surface area contributed by atoms with Gasteiger partial charge in [0.1, 0.15) is 0 Å². The van der Waals surface area contributed by atoms with E-state index in [1.54, 1.807) is 0 Å². The number of piperidine rings is 1. The fourth-order valence-corrected chi connectivity index (χ4v) is 4.69. The molecule has 2 aromatic rings. The van der Waals surface area contributed by atoms with Gasteiger partial charge in [-0.15, -0.1) is 11.3 Å². The number of benzene rings is 1. The Hall–Kier alpha value is -1.65. The summed E-state index contributed by atoms with van der Waals surface area (Å²) < 4.78 is 0. The summed E-state index contributed by atoms with van der Waals surface area (Å²) in [6, 6.07) is 12.6. The highest BCUT2D eigenvalue weighted by Crippen LogP contribution is 2.44. The summed E-state index contributed by atoms with van der Waals surface area (Å²) >= 11 is 1.87. The average Bonchev–Trinajstić information content (AvgIpc) is 3.04. The van der Waals surface area contributed by atoms with Crippen LogP contribution < -0.4 is 5.32 Å². The minimum Gasteiger partial charge on any atom is -0.325 e. The Labute approximate surface area is 135 Å². The van der Waals surface area contributed by atoms with Gasteiger partial charge in [-0.3, -0.25) is 9.69 Å². The number of rotatable bonds is 2. The fraction of sp³-hybridized carbons (Fsp3) is 0.389. The zero-order valence-corrected chi connectivity index (χ0v) is 13.6. The highest BCUT2D eigenvalue weighted by Gasteiger charge is 2.48. The van der Waals surface area contributed by atoms with E-state index in [0.29, 0.717) is 0 Å². The molecule has 1 amide bonds. The molecule has 0 aliphatic carbocycles. The van der Waals surface area contributed by atoms with Crippen molar-refractivity contribution in [3.63, 3.8) is 0 Å². The Morgan fingerprint density at radius 1 is 1.18 bits per heavy atom. The molecule has 2 aliphatic rings. The van der Waals surface area contributed by atoms with E-state index in [2.05, 4.69) is 35.3 Å². The second kappa shape index (κ2) is 5.21. The molecule has 2 aliphatic heterocycles. The zero-order valence-electron chi connectivity index (χ0n) is 12.8. The van der Waals surface area contributed by atoms with Crippen molar-refractivity contribution in [1.29, 1.82) is 0 Å². The molecule has 22 heavy (non-hydrogen) atoms. The third-order valence-corrected chi connectivity index (χ3v) is 6.00. The maximum Gasteiger partial charge on any atom is 0.235 e. The topological polar surface area (TPSA) is 32.3 Å². The first-order chi connectivity index (χ1) is 10.7. The first kappa shape index (κ1) is 14.0. The summed E-state index contributed by atoms with van der Waals surface area (Å²) in [4.78, 5) is 17.8. The van der Waals surface area contributed by atoms with Crippen molar-refractivity contribution in [3.05, 3.63) is 51.7 Å². The lowest BCUT2D eigenvalue weighted by Gasteiger charge is -2.37. The minimum absolute atomic E-state index is 0.195. The summed E-state index contributed by atoms with van der Waals surface area (Å²) in [6.45, 7) is 5.13. The van der Waals surface area contributed by atoms with Crippen LogP contribution in [0.15, 0.2) is 36.4 Å². The summed E-state index contributed by atoms with van der Waals surface area (Å²) in [5.41, 5.74) is 1.92.